The maximum absolute atomic E-state index is 11.5. The minimum absolute atomic E-state index is 0.0844. The number of hydrogen-bond donors (Lipinski definition) is 3. The number of rotatable bonds is 8. The van der Waals surface area contributed by atoms with Crippen molar-refractivity contribution in [1.29, 1.82) is 0 Å². The molecule has 8 heteroatoms. The summed E-state index contributed by atoms with van der Waals surface area (Å²) in [6, 6.07) is 2.97. The van der Waals surface area contributed by atoms with E-state index in [4.69, 9.17) is 0 Å². The number of nitro benzene ring substituents is 1. The van der Waals surface area contributed by atoms with E-state index in [0.29, 0.717) is 12.8 Å². The maximum atomic E-state index is 11.5. The van der Waals surface area contributed by atoms with Crippen LogP contribution in [-0.2, 0) is 4.79 Å². The van der Waals surface area contributed by atoms with Crippen LogP contribution in [0.2, 0.25) is 0 Å². The van der Waals surface area contributed by atoms with Gasteiger partial charge in [-0.3, -0.25) is 14.9 Å². The number of carbonyl (C=O) groups is 2. The lowest BCUT2D eigenvalue weighted by atomic mass is 10.1. The van der Waals surface area contributed by atoms with E-state index < -0.39 is 22.8 Å². The van der Waals surface area contributed by atoms with Gasteiger partial charge in [0, 0.05) is 18.7 Å². The molecule has 0 spiro atoms. The first-order valence-corrected chi connectivity index (χ1v) is 6.90. The second-order valence-electron chi connectivity index (χ2n) is 4.75. The summed E-state index contributed by atoms with van der Waals surface area (Å²) in [6.07, 6.45) is 1.87. The van der Waals surface area contributed by atoms with E-state index in [0.717, 1.165) is 12.5 Å². The fourth-order valence-electron chi connectivity index (χ4n) is 1.94. The molecule has 0 heterocycles. The highest BCUT2D eigenvalue weighted by Crippen LogP contribution is 2.27. The molecule has 0 aliphatic carbocycles. The second-order valence-corrected chi connectivity index (χ2v) is 4.75. The van der Waals surface area contributed by atoms with Crippen LogP contribution in [0.1, 0.15) is 36.5 Å². The molecular formula is C14H19N3O5. The number of carboxylic acid groups (broad SMARTS) is 1. The minimum Gasteiger partial charge on any atom is -0.480 e. The monoisotopic (exact) mass is 309 g/mol. The van der Waals surface area contributed by atoms with E-state index in [1.54, 1.807) is 0 Å². The predicted octanol–water partition coefficient (Wildman–Crippen LogP) is 2.01. The first-order chi connectivity index (χ1) is 10.4. The number of benzene rings is 1. The van der Waals surface area contributed by atoms with Crippen LogP contribution in [0.15, 0.2) is 18.2 Å². The number of aliphatic carboxylic acids is 1. The van der Waals surface area contributed by atoms with Crippen molar-refractivity contribution in [3.8, 4) is 0 Å². The summed E-state index contributed by atoms with van der Waals surface area (Å²) in [6.45, 7) is 1.93. The lowest BCUT2D eigenvalue weighted by Gasteiger charge is -2.15. The van der Waals surface area contributed by atoms with Gasteiger partial charge in [0.1, 0.15) is 11.7 Å². The Labute approximate surface area is 127 Å². The second kappa shape index (κ2) is 7.96. The van der Waals surface area contributed by atoms with Crippen LogP contribution in [0.25, 0.3) is 0 Å². The van der Waals surface area contributed by atoms with Gasteiger partial charge in [-0.05, 0) is 18.6 Å². The molecule has 0 bridgehead atoms. The molecule has 0 fully saturated rings. The van der Waals surface area contributed by atoms with E-state index in [2.05, 4.69) is 10.6 Å². The van der Waals surface area contributed by atoms with Crippen LogP contribution in [-0.4, -0.2) is 35.0 Å². The van der Waals surface area contributed by atoms with Crippen molar-refractivity contribution in [3.63, 3.8) is 0 Å². The number of anilines is 1. The number of nitro groups is 1. The molecule has 0 radical (unpaired) electrons. The Morgan fingerprint density at radius 3 is 2.59 bits per heavy atom. The smallest absolute Gasteiger partial charge is 0.326 e. The van der Waals surface area contributed by atoms with Crippen LogP contribution >= 0.6 is 0 Å². The summed E-state index contributed by atoms with van der Waals surface area (Å²) >= 11 is 0. The van der Waals surface area contributed by atoms with E-state index in [-0.39, 0.29) is 16.9 Å². The highest BCUT2D eigenvalue weighted by atomic mass is 16.6. The predicted molar refractivity (Wildman–Crippen MR) is 81.1 cm³/mol. The Balaban J connectivity index is 3.09. The number of hydrogen-bond acceptors (Lipinski definition) is 5. The number of carbonyl (C=O) groups excluding carboxylic acids is 1. The van der Waals surface area contributed by atoms with E-state index in [1.165, 1.54) is 19.2 Å². The third-order valence-electron chi connectivity index (χ3n) is 3.16. The summed E-state index contributed by atoms with van der Waals surface area (Å²) < 4.78 is 0. The maximum Gasteiger partial charge on any atom is 0.326 e. The molecule has 1 aromatic rings. The van der Waals surface area contributed by atoms with E-state index >= 15 is 0 Å². The van der Waals surface area contributed by atoms with Crippen molar-refractivity contribution in [2.24, 2.45) is 0 Å². The van der Waals surface area contributed by atoms with Gasteiger partial charge in [-0.2, -0.15) is 0 Å². The minimum atomic E-state index is -1.07. The lowest BCUT2D eigenvalue weighted by Crippen LogP contribution is -2.29. The number of unbranched alkanes of at least 4 members (excludes halogenated alkanes) is 1. The molecule has 0 unspecified atom stereocenters. The Bertz CT molecular complexity index is 574. The zero-order chi connectivity index (χ0) is 16.7. The molecule has 1 rings (SSSR count). The summed E-state index contributed by atoms with van der Waals surface area (Å²) in [5, 5.41) is 25.4. The van der Waals surface area contributed by atoms with Crippen molar-refractivity contribution in [2.75, 3.05) is 12.4 Å². The molecule has 1 amide bonds. The summed E-state index contributed by atoms with van der Waals surface area (Å²) in [4.78, 5) is 33.2. The zero-order valence-electron chi connectivity index (χ0n) is 12.5. The fraction of sp³-hybridized carbons (Fsp3) is 0.429. The molecule has 120 valence electrons. The summed E-state index contributed by atoms with van der Waals surface area (Å²) in [5.41, 5.74) is -0.106. The summed E-state index contributed by atoms with van der Waals surface area (Å²) in [5.74, 6) is -1.52. The molecule has 8 nitrogen and oxygen atoms in total. The lowest BCUT2D eigenvalue weighted by molar-refractivity contribution is -0.384. The Morgan fingerprint density at radius 1 is 1.41 bits per heavy atom. The van der Waals surface area contributed by atoms with Crippen LogP contribution in [0.3, 0.4) is 0 Å². The van der Waals surface area contributed by atoms with Crippen molar-refractivity contribution in [1.82, 2.24) is 5.32 Å². The first-order valence-electron chi connectivity index (χ1n) is 6.90. The van der Waals surface area contributed by atoms with Gasteiger partial charge in [0.05, 0.1) is 4.92 Å². The van der Waals surface area contributed by atoms with E-state index in [9.17, 15) is 24.8 Å². The molecule has 0 aliphatic rings. The molecule has 1 aromatic carbocycles. The number of nitrogens with one attached hydrogen (secondary N) is 2. The summed E-state index contributed by atoms with van der Waals surface area (Å²) in [7, 11) is 1.42. The first kappa shape index (κ1) is 17.4. The van der Waals surface area contributed by atoms with Gasteiger partial charge in [0.15, 0.2) is 0 Å². The van der Waals surface area contributed by atoms with Gasteiger partial charge >= 0.3 is 5.97 Å². The van der Waals surface area contributed by atoms with Gasteiger partial charge in [0.25, 0.3) is 11.6 Å². The molecular weight excluding hydrogens is 290 g/mol. The average molecular weight is 309 g/mol. The molecule has 3 N–H and O–H groups in total. The largest absolute Gasteiger partial charge is 0.480 e. The highest BCUT2D eigenvalue weighted by molar-refractivity contribution is 5.95. The Kier molecular flexibility index (Phi) is 6.30. The number of carboxylic acids is 1. The van der Waals surface area contributed by atoms with Crippen molar-refractivity contribution >= 4 is 23.3 Å². The Hall–Kier alpha value is -2.64. The van der Waals surface area contributed by atoms with Crippen LogP contribution in [0.5, 0.6) is 0 Å². The molecule has 0 aliphatic heterocycles. The number of nitrogens with zero attached hydrogens (tertiary/aromatic N) is 1. The van der Waals surface area contributed by atoms with Crippen molar-refractivity contribution in [2.45, 2.75) is 32.2 Å². The van der Waals surface area contributed by atoms with E-state index in [1.807, 2.05) is 6.92 Å². The molecule has 0 saturated heterocycles. The molecule has 1 atom stereocenters. The van der Waals surface area contributed by atoms with Gasteiger partial charge in [0.2, 0.25) is 0 Å². The molecule has 22 heavy (non-hydrogen) atoms. The van der Waals surface area contributed by atoms with Crippen molar-refractivity contribution in [3.05, 3.63) is 33.9 Å². The van der Waals surface area contributed by atoms with Gasteiger partial charge in [-0.25, -0.2) is 4.79 Å². The quantitative estimate of drug-likeness (QED) is 0.499. The fourth-order valence-corrected chi connectivity index (χ4v) is 1.94. The number of amides is 1. The van der Waals surface area contributed by atoms with Crippen LogP contribution in [0.4, 0.5) is 11.4 Å². The van der Waals surface area contributed by atoms with Crippen molar-refractivity contribution < 1.29 is 19.6 Å². The third kappa shape index (κ3) is 4.44. The van der Waals surface area contributed by atoms with Gasteiger partial charge < -0.3 is 15.7 Å². The average Bonchev–Trinajstić information content (AvgIpc) is 2.50. The normalized spacial score (nSPS) is 11.5. The van der Waals surface area contributed by atoms with Crippen LogP contribution < -0.4 is 10.6 Å². The highest BCUT2D eigenvalue weighted by Gasteiger charge is 2.22. The molecule has 0 aromatic heterocycles. The van der Waals surface area contributed by atoms with Gasteiger partial charge in [-0.15, -0.1) is 0 Å². The SMILES string of the molecule is CCCC[C@H](Nc1ccc(C(=O)NC)cc1[N+](=O)[O-])C(=O)O. The molecule has 0 saturated carbocycles. The Morgan fingerprint density at radius 2 is 2.09 bits per heavy atom. The third-order valence-corrected chi connectivity index (χ3v) is 3.16. The van der Waals surface area contributed by atoms with Gasteiger partial charge in [-0.1, -0.05) is 19.8 Å². The zero-order valence-corrected chi connectivity index (χ0v) is 12.5. The standard InChI is InChI=1S/C14H19N3O5/c1-3-4-5-11(14(19)20)16-10-7-6-9(13(18)15-2)8-12(10)17(21)22/h6-8,11,16H,3-5H2,1-2H3,(H,15,18)(H,19,20)/t11-/m0/s1. The van der Waals surface area contributed by atoms with Crippen LogP contribution in [0, 0.1) is 10.1 Å². The topological polar surface area (TPSA) is 122 Å².